The summed E-state index contributed by atoms with van der Waals surface area (Å²) in [5, 5.41) is 3.79. The predicted molar refractivity (Wildman–Crippen MR) is 80.3 cm³/mol. The van der Waals surface area contributed by atoms with Gasteiger partial charge in [0.1, 0.15) is 5.82 Å². The Kier molecular flexibility index (Phi) is 4.32. The van der Waals surface area contributed by atoms with Gasteiger partial charge in [0.25, 0.3) is 0 Å². The van der Waals surface area contributed by atoms with E-state index in [0.29, 0.717) is 11.6 Å². The smallest absolute Gasteiger partial charge is 0.142 e. The number of aromatic nitrogens is 2. The molecule has 0 aromatic carbocycles. The van der Waals surface area contributed by atoms with E-state index in [0.717, 1.165) is 25.5 Å². The average Bonchev–Trinajstić information content (AvgIpc) is 2.94. The monoisotopic (exact) mass is 274 g/mol. The zero-order chi connectivity index (χ0) is 13.8. The summed E-state index contributed by atoms with van der Waals surface area (Å²) in [7, 11) is 0. The fourth-order valence-electron chi connectivity index (χ4n) is 3.85. The second-order valence-electron chi connectivity index (χ2n) is 6.34. The van der Waals surface area contributed by atoms with Crippen molar-refractivity contribution in [3.8, 4) is 0 Å². The molecule has 0 radical (unpaired) electrons. The Hall–Kier alpha value is -1.00. The van der Waals surface area contributed by atoms with Crippen molar-refractivity contribution < 1.29 is 0 Å². The molecule has 1 saturated heterocycles. The molecule has 1 unspecified atom stereocenters. The second-order valence-corrected chi connectivity index (χ2v) is 6.34. The summed E-state index contributed by atoms with van der Waals surface area (Å²) >= 11 is 0. The Morgan fingerprint density at radius 1 is 1.30 bits per heavy atom. The molecular formula is C16H26N4. The van der Waals surface area contributed by atoms with Gasteiger partial charge in [0.2, 0.25) is 0 Å². The zero-order valence-electron chi connectivity index (χ0n) is 12.5. The first kappa shape index (κ1) is 14.0. The van der Waals surface area contributed by atoms with Gasteiger partial charge in [-0.15, -0.1) is 0 Å². The first-order valence-electron chi connectivity index (χ1n) is 8.07. The topological polar surface area (TPSA) is 41.1 Å². The zero-order valence-corrected chi connectivity index (χ0v) is 12.5. The normalized spacial score (nSPS) is 26.1. The molecule has 1 N–H and O–H groups in total. The van der Waals surface area contributed by atoms with Crippen molar-refractivity contribution in [3.05, 3.63) is 24.3 Å². The molecule has 110 valence electrons. The quantitative estimate of drug-likeness (QED) is 0.915. The van der Waals surface area contributed by atoms with Gasteiger partial charge < -0.3 is 5.32 Å². The summed E-state index contributed by atoms with van der Waals surface area (Å²) in [5.74, 6) is 0.968. The van der Waals surface area contributed by atoms with Crippen LogP contribution in [0.4, 0.5) is 0 Å². The molecule has 1 spiro atoms. The van der Waals surface area contributed by atoms with Crippen LogP contribution in [0.3, 0.4) is 0 Å². The Morgan fingerprint density at radius 3 is 2.75 bits per heavy atom. The maximum atomic E-state index is 4.43. The van der Waals surface area contributed by atoms with Gasteiger partial charge in [-0.2, -0.15) is 0 Å². The number of piperazine rings is 1. The number of nitrogens with zero attached hydrogens (tertiary/aromatic N) is 3. The molecule has 1 aliphatic heterocycles. The summed E-state index contributed by atoms with van der Waals surface area (Å²) in [6.45, 7) is 5.46. The molecule has 2 heterocycles. The van der Waals surface area contributed by atoms with Gasteiger partial charge in [-0.05, 0) is 25.3 Å². The van der Waals surface area contributed by atoms with Gasteiger partial charge in [0.15, 0.2) is 0 Å². The van der Waals surface area contributed by atoms with Crippen LogP contribution in [0.15, 0.2) is 18.5 Å². The van der Waals surface area contributed by atoms with Crippen LogP contribution in [0.2, 0.25) is 0 Å². The SMILES string of the molecule is CCCC1CN(Cc2ncccn2)C2(CCCC2)CN1. The minimum atomic E-state index is 0.365. The van der Waals surface area contributed by atoms with Crippen LogP contribution in [0.1, 0.15) is 51.3 Å². The molecule has 3 rings (SSSR count). The number of hydrogen-bond acceptors (Lipinski definition) is 4. The molecule has 0 amide bonds. The fourth-order valence-corrected chi connectivity index (χ4v) is 3.85. The van der Waals surface area contributed by atoms with Crippen molar-refractivity contribution in [1.82, 2.24) is 20.2 Å². The van der Waals surface area contributed by atoms with E-state index in [-0.39, 0.29) is 0 Å². The van der Waals surface area contributed by atoms with Crippen molar-refractivity contribution >= 4 is 0 Å². The van der Waals surface area contributed by atoms with E-state index in [1.165, 1.54) is 38.5 Å². The highest BCUT2D eigenvalue weighted by molar-refractivity contribution is 5.03. The van der Waals surface area contributed by atoms with E-state index in [1.807, 2.05) is 18.5 Å². The summed E-state index contributed by atoms with van der Waals surface area (Å²) in [6, 6.07) is 2.53. The van der Waals surface area contributed by atoms with E-state index in [9.17, 15) is 0 Å². The summed E-state index contributed by atoms with van der Waals surface area (Å²) in [4.78, 5) is 11.5. The van der Waals surface area contributed by atoms with Crippen molar-refractivity contribution in [2.24, 2.45) is 0 Å². The lowest BCUT2D eigenvalue weighted by Gasteiger charge is -2.48. The fraction of sp³-hybridized carbons (Fsp3) is 0.750. The molecule has 2 fully saturated rings. The van der Waals surface area contributed by atoms with Crippen LogP contribution in [-0.2, 0) is 6.54 Å². The van der Waals surface area contributed by atoms with Gasteiger partial charge in [0, 0.05) is 37.1 Å². The Bertz CT molecular complexity index is 414. The molecule has 20 heavy (non-hydrogen) atoms. The van der Waals surface area contributed by atoms with Gasteiger partial charge in [-0.3, -0.25) is 4.90 Å². The lowest BCUT2D eigenvalue weighted by Crippen LogP contribution is -2.63. The van der Waals surface area contributed by atoms with Crippen LogP contribution >= 0.6 is 0 Å². The highest BCUT2D eigenvalue weighted by Gasteiger charge is 2.43. The highest BCUT2D eigenvalue weighted by Crippen LogP contribution is 2.37. The van der Waals surface area contributed by atoms with Crippen LogP contribution in [-0.4, -0.2) is 39.5 Å². The van der Waals surface area contributed by atoms with Crippen LogP contribution < -0.4 is 5.32 Å². The molecule has 4 nitrogen and oxygen atoms in total. The maximum Gasteiger partial charge on any atom is 0.142 e. The molecule has 1 aromatic rings. The van der Waals surface area contributed by atoms with Crippen molar-refractivity contribution in [2.75, 3.05) is 13.1 Å². The minimum Gasteiger partial charge on any atom is -0.311 e. The molecular weight excluding hydrogens is 248 g/mol. The van der Waals surface area contributed by atoms with Crippen molar-refractivity contribution in [1.29, 1.82) is 0 Å². The maximum absolute atomic E-state index is 4.43. The van der Waals surface area contributed by atoms with Gasteiger partial charge >= 0.3 is 0 Å². The van der Waals surface area contributed by atoms with Crippen LogP contribution in [0, 0.1) is 0 Å². The van der Waals surface area contributed by atoms with E-state index >= 15 is 0 Å². The molecule has 0 bridgehead atoms. The Morgan fingerprint density at radius 2 is 2.05 bits per heavy atom. The first-order chi connectivity index (χ1) is 9.82. The van der Waals surface area contributed by atoms with Gasteiger partial charge in [-0.25, -0.2) is 9.97 Å². The van der Waals surface area contributed by atoms with Crippen LogP contribution in [0.5, 0.6) is 0 Å². The number of hydrogen-bond donors (Lipinski definition) is 1. The Balaban J connectivity index is 1.74. The highest BCUT2D eigenvalue weighted by atomic mass is 15.3. The summed E-state index contributed by atoms with van der Waals surface area (Å²) < 4.78 is 0. The van der Waals surface area contributed by atoms with E-state index in [2.05, 4.69) is 27.1 Å². The molecule has 1 saturated carbocycles. The first-order valence-corrected chi connectivity index (χ1v) is 8.07. The number of nitrogens with one attached hydrogen (secondary N) is 1. The van der Waals surface area contributed by atoms with Crippen molar-refractivity contribution in [2.45, 2.75) is 63.6 Å². The lowest BCUT2D eigenvalue weighted by molar-refractivity contribution is 0.0316. The minimum absolute atomic E-state index is 0.365. The standard InChI is InChI=1S/C16H26N4/c1-2-6-14-11-20(12-15-17-9-5-10-18-15)16(13-19-14)7-3-4-8-16/h5,9-10,14,19H,2-4,6-8,11-13H2,1H3. The van der Waals surface area contributed by atoms with Crippen molar-refractivity contribution in [3.63, 3.8) is 0 Å². The third kappa shape index (κ3) is 2.86. The molecule has 1 aromatic heterocycles. The van der Waals surface area contributed by atoms with Gasteiger partial charge in [-0.1, -0.05) is 26.2 Å². The van der Waals surface area contributed by atoms with Gasteiger partial charge in [0.05, 0.1) is 6.54 Å². The third-order valence-corrected chi connectivity index (χ3v) is 4.95. The average molecular weight is 274 g/mol. The largest absolute Gasteiger partial charge is 0.311 e. The van der Waals surface area contributed by atoms with E-state index in [1.54, 1.807) is 0 Å². The van der Waals surface area contributed by atoms with Crippen LogP contribution in [0.25, 0.3) is 0 Å². The summed E-state index contributed by atoms with van der Waals surface area (Å²) in [6.07, 6.45) is 11.6. The lowest BCUT2D eigenvalue weighted by atomic mass is 9.90. The second kappa shape index (κ2) is 6.19. The van der Waals surface area contributed by atoms with E-state index < -0.39 is 0 Å². The summed E-state index contributed by atoms with van der Waals surface area (Å²) in [5.41, 5.74) is 0.365. The molecule has 1 atom stereocenters. The molecule has 1 aliphatic carbocycles. The third-order valence-electron chi connectivity index (χ3n) is 4.95. The predicted octanol–water partition coefficient (Wildman–Crippen LogP) is 2.36. The van der Waals surface area contributed by atoms with E-state index in [4.69, 9.17) is 0 Å². The molecule has 2 aliphatic rings. The Labute approximate surface area is 122 Å². The molecule has 4 heteroatoms. The number of rotatable bonds is 4.